The van der Waals surface area contributed by atoms with Crippen molar-refractivity contribution in [3.8, 4) is 0 Å². The number of aryl methyl sites for hydroxylation is 1. The van der Waals surface area contributed by atoms with Crippen LogP contribution in [0.1, 0.15) is 37.0 Å². The normalized spacial score (nSPS) is 12.3. The molecular weight excluding hydrogens is 380 g/mol. The Balaban J connectivity index is 2.04. The van der Waals surface area contributed by atoms with Crippen LogP contribution in [-0.4, -0.2) is 8.42 Å². The van der Waals surface area contributed by atoms with Gasteiger partial charge in [0, 0.05) is 0 Å². The van der Waals surface area contributed by atoms with Crippen molar-refractivity contribution in [2.45, 2.75) is 37.6 Å². The third-order valence-corrected chi connectivity index (χ3v) is 6.24. The lowest BCUT2D eigenvalue weighted by Gasteiger charge is -2.37. The highest BCUT2D eigenvalue weighted by Gasteiger charge is 2.36. The van der Waals surface area contributed by atoms with E-state index < -0.39 is 15.6 Å². The first-order chi connectivity index (χ1) is 13.8. The highest BCUT2D eigenvalue weighted by atomic mass is 32.2. The minimum absolute atomic E-state index is 0.232. The zero-order chi connectivity index (χ0) is 20.9. The molecule has 3 aromatic carbocycles. The van der Waals surface area contributed by atoms with Gasteiger partial charge in [0.05, 0.1) is 10.4 Å². The zero-order valence-electron chi connectivity index (χ0n) is 17.1. The van der Waals surface area contributed by atoms with Crippen molar-refractivity contribution in [1.82, 2.24) is 10.3 Å². The number of rotatable bonds is 8. The van der Waals surface area contributed by atoms with E-state index in [0.717, 1.165) is 23.1 Å². The first-order valence-corrected chi connectivity index (χ1v) is 11.3. The molecule has 0 radical (unpaired) electrons. The van der Waals surface area contributed by atoms with Crippen LogP contribution in [0.4, 0.5) is 0 Å². The largest absolute Gasteiger partial charge is 0.253 e. The SMILES string of the molecule is Cc1ccc(S(=O)(=O)NNC(CC(C)C)(c2ccccc2)c2ccccc2)cc1. The van der Waals surface area contributed by atoms with E-state index in [1.807, 2.05) is 67.6 Å². The van der Waals surface area contributed by atoms with Crippen LogP contribution in [0.25, 0.3) is 0 Å². The number of hydrogen-bond acceptors (Lipinski definition) is 3. The third kappa shape index (κ3) is 4.93. The predicted molar refractivity (Wildman–Crippen MR) is 118 cm³/mol. The van der Waals surface area contributed by atoms with Crippen LogP contribution in [-0.2, 0) is 15.6 Å². The van der Waals surface area contributed by atoms with E-state index in [2.05, 4.69) is 24.1 Å². The number of benzene rings is 3. The molecule has 29 heavy (non-hydrogen) atoms. The maximum Gasteiger partial charge on any atom is 0.253 e. The molecule has 0 aliphatic carbocycles. The van der Waals surface area contributed by atoms with E-state index in [4.69, 9.17) is 0 Å². The van der Waals surface area contributed by atoms with Gasteiger partial charge in [-0.3, -0.25) is 0 Å². The Bertz CT molecular complexity index is 976. The second-order valence-electron chi connectivity index (χ2n) is 7.78. The summed E-state index contributed by atoms with van der Waals surface area (Å²) in [7, 11) is -3.72. The lowest BCUT2D eigenvalue weighted by atomic mass is 9.77. The molecule has 2 N–H and O–H groups in total. The monoisotopic (exact) mass is 408 g/mol. The second-order valence-corrected chi connectivity index (χ2v) is 9.46. The lowest BCUT2D eigenvalue weighted by Crippen LogP contribution is -2.53. The molecule has 3 aromatic rings. The van der Waals surface area contributed by atoms with Gasteiger partial charge in [-0.2, -0.15) is 0 Å². The Morgan fingerprint density at radius 1 is 0.793 bits per heavy atom. The van der Waals surface area contributed by atoms with Gasteiger partial charge in [0.25, 0.3) is 10.0 Å². The minimum Gasteiger partial charge on any atom is -0.229 e. The van der Waals surface area contributed by atoms with Crippen molar-refractivity contribution in [2.75, 3.05) is 0 Å². The topological polar surface area (TPSA) is 58.2 Å². The van der Waals surface area contributed by atoms with Crippen LogP contribution in [0.15, 0.2) is 89.8 Å². The summed E-state index contributed by atoms with van der Waals surface area (Å²) in [6.45, 7) is 6.20. The van der Waals surface area contributed by atoms with Crippen LogP contribution in [0.5, 0.6) is 0 Å². The van der Waals surface area contributed by atoms with Crippen LogP contribution in [0, 0.1) is 12.8 Å². The molecular formula is C24H28N2O2S. The summed E-state index contributed by atoms with van der Waals surface area (Å²) in [6, 6.07) is 26.8. The summed E-state index contributed by atoms with van der Waals surface area (Å²) in [5.41, 5.74) is 5.54. The first kappa shape index (κ1) is 21.2. The van der Waals surface area contributed by atoms with Crippen molar-refractivity contribution in [3.63, 3.8) is 0 Å². The standard InChI is InChI=1S/C24H28N2O2S/c1-19(2)18-24(21-10-6-4-7-11-21,22-12-8-5-9-13-22)25-26-29(27,28)23-16-14-20(3)15-17-23/h4-17,19,25-26H,18H2,1-3H3. The zero-order valence-corrected chi connectivity index (χ0v) is 17.9. The van der Waals surface area contributed by atoms with Crippen molar-refractivity contribution in [1.29, 1.82) is 0 Å². The van der Waals surface area contributed by atoms with Crippen LogP contribution in [0.3, 0.4) is 0 Å². The second kappa shape index (κ2) is 8.91. The Hall–Kier alpha value is -2.47. The summed E-state index contributed by atoms with van der Waals surface area (Å²) in [5, 5.41) is 0. The van der Waals surface area contributed by atoms with Gasteiger partial charge < -0.3 is 0 Å². The van der Waals surface area contributed by atoms with Crippen LogP contribution >= 0.6 is 0 Å². The Labute approximate surface area is 174 Å². The molecule has 4 nitrogen and oxygen atoms in total. The fraction of sp³-hybridized carbons (Fsp3) is 0.250. The Morgan fingerprint density at radius 2 is 1.28 bits per heavy atom. The molecule has 0 bridgehead atoms. The average molecular weight is 409 g/mol. The van der Waals surface area contributed by atoms with Crippen molar-refractivity contribution >= 4 is 10.0 Å². The van der Waals surface area contributed by atoms with Crippen molar-refractivity contribution in [3.05, 3.63) is 102 Å². The van der Waals surface area contributed by atoms with E-state index in [0.29, 0.717) is 5.92 Å². The smallest absolute Gasteiger partial charge is 0.229 e. The van der Waals surface area contributed by atoms with Crippen molar-refractivity contribution in [2.24, 2.45) is 5.92 Å². The Kier molecular flexibility index (Phi) is 6.52. The van der Waals surface area contributed by atoms with E-state index in [1.165, 1.54) is 0 Å². The maximum atomic E-state index is 13.0. The number of hydrogen-bond donors (Lipinski definition) is 2. The van der Waals surface area contributed by atoms with Gasteiger partial charge in [0.15, 0.2) is 0 Å². The highest BCUT2D eigenvalue weighted by Crippen LogP contribution is 2.35. The predicted octanol–water partition coefficient (Wildman–Crippen LogP) is 4.77. The first-order valence-electron chi connectivity index (χ1n) is 9.80. The Morgan fingerprint density at radius 3 is 1.72 bits per heavy atom. The fourth-order valence-corrected chi connectivity index (χ4v) is 4.51. The van der Waals surface area contributed by atoms with E-state index in [-0.39, 0.29) is 4.90 Å². The minimum atomic E-state index is -3.72. The number of sulfonamides is 1. The molecule has 0 saturated carbocycles. The quantitative estimate of drug-likeness (QED) is 0.528. The molecule has 0 atom stereocenters. The molecule has 0 saturated heterocycles. The molecule has 5 heteroatoms. The molecule has 0 unspecified atom stereocenters. The lowest BCUT2D eigenvalue weighted by molar-refractivity contribution is 0.311. The molecule has 0 heterocycles. The third-order valence-electron chi connectivity index (χ3n) is 4.98. The summed E-state index contributed by atoms with van der Waals surface area (Å²) < 4.78 is 25.9. The maximum absolute atomic E-state index is 13.0. The van der Waals surface area contributed by atoms with Gasteiger partial charge in [-0.15, -0.1) is 4.83 Å². The van der Waals surface area contributed by atoms with E-state index in [9.17, 15) is 8.42 Å². The average Bonchev–Trinajstić information content (AvgIpc) is 2.72. The van der Waals surface area contributed by atoms with E-state index >= 15 is 0 Å². The molecule has 152 valence electrons. The molecule has 0 aromatic heterocycles. The van der Waals surface area contributed by atoms with Crippen LogP contribution < -0.4 is 10.3 Å². The molecule has 3 rings (SSSR count). The number of hydrazine groups is 1. The van der Waals surface area contributed by atoms with Gasteiger partial charge in [0.1, 0.15) is 0 Å². The van der Waals surface area contributed by atoms with Crippen molar-refractivity contribution < 1.29 is 8.42 Å². The van der Waals surface area contributed by atoms with Crippen LogP contribution in [0.2, 0.25) is 0 Å². The summed E-state index contributed by atoms with van der Waals surface area (Å²) in [6.07, 6.45) is 0.720. The molecule has 0 amide bonds. The van der Waals surface area contributed by atoms with Gasteiger partial charge in [0.2, 0.25) is 0 Å². The molecule has 0 fully saturated rings. The summed E-state index contributed by atoms with van der Waals surface area (Å²) >= 11 is 0. The number of nitrogens with one attached hydrogen (secondary N) is 2. The van der Waals surface area contributed by atoms with Gasteiger partial charge in [-0.05, 0) is 42.5 Å². The van der Waals surface area contributed by atoms with Gasteiger partial charge in [-0.1, -0.05) is 92.2 Å². The molecule has 0 aliphatic rings. The summed E-state index contributed by atoms with van der Waals surface area (Å²) in [5.74, 6) is 0.326. The van der Waals surface area contributed by atoms with E-state index in [1.54, 1.807) is 24.3 Å². The van der Waals surface area contributed by atoms with Gasteiger partial charge >= 0.3 is 0 Å². The molecule has 0 aliphatic heterocycles. The fourth-order valence-electron chi connectivity index (χ4n) is 3.59. The molecule has 0 spiro atoms. The highest BCUT2D eigenvalue weighted by molar-refractivity contribution is 7.89. The van der Waals surface area contributed by atoms with Gasteiger partial charge in [-0.25, -0.2) is 13.8 Å². The summed E-state index contributed by atoms with van der Waals surface area (Å²) in [4.78, 5) is 2.89.